The average Bonchev–Trinajstić information content (AvgIpc) is 2.51. The second-order valence-corrected chi connectivity index (χ2v) is 5.29. The van der Waals surface area contributed by atoms with Crippen LogP contribution in [0.15, 0.2) is 52.4 Å². The van der Waals surface area contributed by atoms with Gasteiger partial charge in [0.25, 0.3) is 5.56 Å². The molecule has 0 unspecified atom stereocenters. The predicted molar refractivity (Wildman–Crippen MR) is 90.0 cm³/mol. The lowest BCUT2D eigenvalue weighted by molar-refractivity contribution is 1.12. The minimum Gasteiger partial charge on any atom is -0.291 e. The van der Waals surface area contributed by atoms with Gasteiger partial charge in [-0.05, 0) is 29.8 Å². The van der Waals surface area contributed by atoms with Crippen molar-refractivity contribution < 1.29 is 0 Å². The van der Waals surface area contributed by atoms with Crippen LogP contribution in [0.5, 0.6) is 0 Å². The van der Waals surface area contributed by atoms with Crippen LogP contribution < -0.4 is 11.0 Å². The molecule has 7 heteroatoms. The maximum absolute atomic E-state index is 11.9. The van der Waals surface area contributed by atoms with E-state index in [0.717, 1.165) is 5.56 Å². The third-order valence-corrected chi connectivity index (χ3v) is 3.68. The lowest BCUT2D eigenvalue weighted by Crippen LogP contribution is -2.10. The van der Waals surface area contributed by atoms with Crippen molar-refractivity contribution >= 4 is 46.3 Å². The number of anilines is 1. The highest BCUT2D eigenvalue weighted by atomic mass is 35.5. The maximum Gasteiger partial charge on any atom is 0.260 e. The Balaban J connectivity index is 1.83. The van der Waals surface area contributed by atoms with Crippen LogP contribution in [0.1, 0.15) is 5.56 Å². The van der Waals surface area contributed by atoms with Gasteiger partial charge in [0.1, 0.15) is 0 Å². The van der Waals surface area contributed by atoms with Crippen molar-refractivity contribution in [3.8, 4) is 0 Å². The molecule has 1 heterocycles. The van der Waals surface area contributed by atoms with Crippen molar-refractivity contribution in [3.63, 3.8) is 0 Å². The molecular weight excluding hydrogens is 323 g/mol. The zero-order chi connectivity index (χ0) is 15.5. The molecule has 3 aromatic rings. The summed E-state index contributed by atoms with van der Waals surface area (Å²) in [5, 5.41) is 5.48. The quantitative estimate of drug-likeness (QED) is 0.567. The van der Waals surface area contributed by atoms with Crippen molar-refractivity contribution in [2.24, 2.45) is 5.10 Å². The molecular formula is C15H10Cl2N4O. The molecule has 0 aliphatic heterocycles. The number of halogens is 2. The molecule has 0 aliphatic carbocycles. The Morgan fingerprint density at radius 3 is 2.77 bits per heavy atom. The Kier molecular flexibility index (Phi) is 4.09. The minimum absolute atomic E-state index is 0.224. The van der Waals surface area contributed by atoms with Gasteiger partial charge in [0.2, 0.25) is 5.95 Å². The number of hydrogen-bond donors (Lipinski definition) is 2. The monoisotopic (exact) mass is 332 g/mol. The van der Waals surface area contributed by atoms with E-state index in [9.17, 15) is 4.79 Å². The standard InChI is InChI=1S/C15H10Cl2N4O/c16-11-6-5-9(7-12(11)17)8-18-21-15-19-13-4-2-1-3-10(13)14(22)20-15/h1-8H,(H2,19,20,21,22)/b18-8+. The topological polar surface area (TPSA) is 70.1 Å². The Bertz CT molecular complexity index is 921. The normalized spacial score (nSPS) is 11.2. The zero-order valence-electron chi connectivity index (χ0n) is 11.2. The highest BCUT2D eigenvalue weighted by Crippen LogP contribution is 2.21. The first-order valence-electron chi connectivity index (χ1n) is 6.37. The molecule has 0 saturated heterocycles. The summed E-state index contributed by atoms with van der Waals surface area (Å²) >= 11 is 11.8. The molecule has 0 amide bonds. The number of fused-ring (bicyclic) bond motifs is 1. The van der Waals surface area contributed by atoms with E-state index in [1.807, 2.05) is 6.07 Å². The summed E-state index contributed by atoms with van der Waals surface area (Å²) in [5.74, 6) is 0.264. The van der Waals surface area contributed by atoms with Crippen molar-refractivity contribution in [1.29, 1.82) is 0 Å². The molecule has 2 N–H and O–H groups in total. The van der Waals surface area contributed by atoms with E-state index in [4.69, 9.17) is 23.2 Å². The number of H-pyrrole nitrogens is 1. The number of benzene rings is 2. The molecule has 5 nitrogen and oxygen atoms in total. The fraction of sp³-hybridized carbons (Fsp3) is 0. The van der Waals surface area contributed by atoms with Gasteiger partial charge in [-0.1, -0.05) is 41.4 Å². The second kappa shape index (κ2) is 6.17. The zero-order valence-corrected chi connectivity index (χ0v) is 12.7. The van der Waals surface area contributed by atoms with Crippen LogP contribution in [0, 0.1) is 0 Å². The molecule has 0 atom stereocenters. The number of nitrogens with one attached hydrogen (secondary N) is 2. The summed E-state index contributed by atoms with van der Waals surface area (Å²) in [7, 11) is 0. The summed E-state index contributed by atoms with van der Waals surface area (Å²) in [5.41, 5.74) is 3.83. The first-order valence-corrected chi connectivity index (χ1v) is 7.12. The molecule has 0 saturated carbocycles. The van der Waals surface area contributed by atoms with Gasteiger partial charge in [-0.2, -0.15) is 5.10 Å². The van der Waals surface area contributed by atoms with Crippen LogP contribution in [-0.4, -0.2) is 16.2 Å². The van der Waals surface area contributed by atoms with Crippen LogP contribution in [0.25, 0.3) is 10.9 Å². The molecule has 0 aliphatic rings. The van der Waals surface area contributed by atoms with E-state index in [0.29, 0.717) is 20.9 Å². The van der Waals surface area contributed by atoms with E-state index in [-0.39, 0.29) is 11.5 Å². The van der Waals surface area contributed by atoms with Gasteiger partial charge in [0.05, 0.1) is 27.2 Å². The number of rotatable bonds is 3. The smallest absolute Gasteiger partial charge is 0.260 e. The molecule has 2 aromatic carbocycles. The van der Waals surface area contributed by atoms with Gasteiger partial charge in [-0.15, -0.1) is 0 Å². The molecule has 1 aromatic heterocycles. The minimum atomic E-state index is -0.224. The van der Waals surface area contributed by atoms with E-state index in [1.54, 1.807) is 42.6 Å². The lowest BCUT2D eigenvalue weighted by atomic mass is 10.2. The largest absolute Gasteiger partial charge is 0.291 e. The molecule has 0 spiro atoms. The number of hydrazone groups is 1. The van der Waals surface area contributed by atoms with Crippen molar-refractivity contribution in [2.45, 2.75) is 0 Å². The first-order chi connectivity index (χ1) is 10.6. The highest BCUT2D eigenvalue weighted by molar-refractivity contribution is 6.42. The Morgan fingerprint density at radius 2 is 1.95 bits per heavy atom. The van der Waals surface area contributed by atoms with Crippen molar-refractivity contribution in [2.75, 3.05) is 5.43 Å². The summed E-state index contributed by atoms with van der Waals surface area (Å²) in [6.45, 7) is 0. The van der Waals surface area contributed by atoms with Crippen LogP contribution in [0.2, 0.25) is 10.0 Å². The molecule has 22 heavy (non-hydrogen) atoms. The van der Waals surface area contributed by atoms with Crippen LogP contribution in [0.3, 0.4) is 0 Å². The third-order valence-electron chi connectivity index (χ3n) is 2.94. The average molecular weight is 333 g/mol. The van der Waals surface area contributed by atoms with E-state index < -0.39 is 0 Å². The molecule has 0 fully saturated rings. The number of hydrogen-bond acceptors (Lipinski definition) is 4. The summed E-state index contributed by atoms with van der Waals surface area (Å²) in [4.78, 5) is 18.8. The van der Waals surface area contributed by atoms with Gasteiger partial charge >= 0.3 is 0 Å². The van der Waals surface area contributed by atoms with Crippen molar-refractivity contribution in [1.82, 2.24) is 9.97 Å². The van der Waals surface area contributed by atoms with Gasteiger partial charge in [-0.25, -0.2) is 10.4 Å². The molecule has 110 valence electrons. The number of aromatic nitrogens is 2. The first kappa shape index (κ1) is 14.6. The van der Waals surface area contributed by atoms with E-state index in [1.165, 1.54) is 0 Å². The van der Waals surface area contributed by atoms with Crippen LogP contribution in [0.4, 0.5) is 5.95 Å². The fourth-order valence-corrected chi connectivity index (χ4v) is 2.21. The van der Waals surface area contributed by atoms with Gasteiger partial charge in [0.15, 0.2) is 0 Å². The Morgan fingerprint density at radius 1 is 1.14 bits per heavy atom. The van der Waals surface area contributed by atoms with E-state index >= 15 is 0 Å². The summed E-state index contributed by atoms with van der Waals surface area (Å²) in [6, 6.07) is 12.2. The SMILES string of the molecule is O=c1[nH]c(N/N=C/c2ccc(Cl)c(Cl)c2)nc2ccccc12. The number of aromatic amines is 1. The maximum atomic E-state index is 11.9. The molecule has 0 radical (unpaired) electrons. The molecule has 0 bridgehead atoms. The second-order valence-electron chi connectivity index (χ2n) is 4.48. The summed E-state index contributed by atoms with van der Waals surface area (Å²) in [6.07, 6.45) is 1.55. The van der Waals surface area contributed by atoms with Crippen LogP contribution >= 0.6 is 23.2 Å². The van der Waals surface area contributed by atoms with Crippen molar-refractivity contribution in [3.05, 3.63) is 68.4 Å². The Hall–Kier alpha value is -2.37. The van der Waals surface area contributed by atoms with Crippen LogP contribution in [-0.2, 0) is 0 Å². The molecule has 3 rings (SSSR count). The highest BCUT2D eigenvalue weighted by Gasteiger charge is 2.02. The summed E-state index contributed by atoms with van der Waals surface area (Å²) < 4.78 is 0. The fourth-order valence-electron chi connectivity index (χ4n) is 1.90. The Labute approximate surface area is 135 Å². The van der Waals surface area contributed by atoms with Gasteiger partial charge < -0.3 is 0 Å². The third kappa shape index (κ3) is 3.10. The van der Waals surface area contributed by atoms with Gasteiger partial charge in [-0.3, -0.25) is 9.78 Å². The van der Waals surface area contributed by atoms with Gasteiger partial charge in [0, 0.05) is 0 Å². The number of nitrogens with zero attached hydrogens (tertiary/aromatic N) is 2. The lowest BCUT2D eigenvalue weighted by Gasteiger charge is -2.01. The predicted octanol–water partition coefficient (Wildman–Crippen LogP) is 3.68. The number of para-hydroxylation sites is 1. The van der Waals surface area contributed by atoms with E-state index in [2.05, 4.69) is 20.5 Å².